The van der Waals surface area contributed by atoms with Crippen molar-refractivity contribution in [3.63, 3.8) is 0 Å². The Labute approximate surface area is 236 Å². The molecule has 0 spiro atoms. The first-order valence-corrected chi connectivity index (χ1v) is 17.1. The minimum atomic E-state index is -1.29. The highest BCUT2D eigenvalue weighted by molar-refractivity contribution is 6.76. The smallest absolute Gasteiger partial charge is 0.410 e. The number of rotatable bonds is 7. The highest BCUT2D eigenvalue weighted by Gasteiger charge is 2.35. The van der Waals surface area contributed by atoms with Gasteiger partial charge in [-0.25, -0.2) is 19.5 Å². The number of aromatic nitrogens is 2. The van der Waals surface area contributed by atoms with Gasteiger partial charge in [0.1, 0.15) is 24.0 Å². The molecular formula is C28H38N6O5Si. The summed E-state index contributed by atoms with van der Waals surface area (Å²) in [5, 5.41) is 9.87. The van der Waals surface area contributed by atoms with Gasteiger partial charge in [0.15, 0.2) is 0 Å². The minimum absolute atomic E-state index is 0.0755. The van der Waals surface area contributed by atoms with Crippen LogP contribution in [0.1, 0.15) is 43.9 Å². The van der Waals surface area contributed by atoms with E-state index < -0.39 is 25.8 Å². The van der Waals surface area contributed by atoms with Crippen LogP contribution in [-0.2, 0) is 34.4 Å². The molecule has 1 fully saturated rings. The number of urea groups is 1. The molecule has 1 saturated heterocycles. The predicted octanol–water partition coefficient (Wildman–Crippen LogP) is 4.68. The van der Waals surface area contributed by atoms with Gasteiger partial charge in [-0.1, -0.05) is 19.6 Å². The van der Waals surface area contributed by atoms with Gasteiger partial charge in [0.05, 0.1) is 24.4 Å². The van der Waals surface area contributed by atoms with Crippen molar-refractivity contribution in [3.8, 4) is 17.5 Å². The number of nitriles is 1. The van der Waals surface area contributed by atoms with Crippen LogP contribution in [0.5, 0.6) is 0 Å². The Hall–Kier alpha value is -3.69. The molecule has 4 amide bonds. The number of carbonyl (C=O) groups excluding carboxylic acids is 3. The van der Waals surface area contributed by atoms with Gasteiger partial charge in [0.2, 0.25) is 5.91 Å². The number of imide groups is 1. The van der Waals surface area contributed by atoms with Crippen molar-refractivity contribution >= 4 is 31.9 Å². The van der Waals surface area contributed by atoms with Crippen LogP contribution in [0.25, 0.3) is 11.4 Å². The first-order valence-electron chi connectivity index (χ1n) is 13.4. The zero-order chi connectivity index (χ0) is 29.4. The van der Waals surface area contributed by atoms with Crippen LogP contribution in [0.3, 0.4) is 0 Å². The fourth-order valence-electron chi connectivity index (χ4n) is 4.68. The molecule has 0 saturated carbocycles. The van der Waals surface area contributed by atoms with E-state index in [-0.39, 0.29) is 25.6 Å². The number of fused-ring (bicyclic) bond motifs is 1. The Kier molecular flexibility index (Phi) is 8.10. The lowest BCUT2D eigenvalue weighted by Crippen LogP contribution is -2.53. The fraction of sp³-hybridized carbons (Fsp3) is 0.536. The Morgan fingerprint density at radius 3 is 2.55 bits per heavy atom. The normalized spacial score (nSPS) is 15.9. The Bertz CT molecular complexity index is 1370. The lowest BCUT2D eigenvalue weighted by atomic mass is 10.00. The van der Waals surface area contributed by atoms with E-state index in [2.05, 4.69) is 30.7 Å². The summed E-state index contributed by atoms with van der Waals surface area (Å²) in [6.07, 6.45) is 1.35. The van der Waals surface area contributed by atoms with Crippen LogP contribution in [-0.4, -0.2) is 70.9 Å². The summed E-state index contributed by atoms with van der Waals surface area (Å²) in [6.45, 7) is 13.5. The van der Waals surface area contributed by atoms with E-state index in [0.29, 0.717) is 42.5 Å². The standard InChI is InChI=1S/C28H38N6O5Si/c1-28(2,3)39-27(37)32-16-21-13-19(12-20(14-29)22(21)17-32)25-30-15-23(31(25)4)33-9-8-24(35)34(26(33)36)18-38-10-11-40(5,6)7/h12-13,15H,8-11,16-18H2,1-7H3. The van der Waals surface area contributed by atoms with Gasteiger partial charge in [-0.2, -0.15) is 5.26 Å². The fourth-order valence-corrected chi connectivity index (χ4v) is 5.44. The number of nitrogens with zero attached hydrogens (tertiary/aromatic N) is 6. The molecule has 0 unspecified atom stereocenters. The van der Waals surface area contributed by atoms with Crippen LogP contribution in [0.15, 0.2) is 18.3 Å². The van der Waals surface area contributed by atoms with Crippen LogP contribution < -0.4 is 4.90 Å². The molecule has 0 N–H and O–H groups in total. The van der Waals surface area contributed by atoms with Gasteiger partial charge < -0.3 is 14.0 Å². The molecule has 2 aliphatic rings. The Morgan fingerprint density at radius 2 is 1.90 bits per heavy atom. The minimum Gasteiger partial charge on any atom is -0.444 e. The van der Waals surface area contributed by atoms with Gasteiger partial charge >= 0.3 is 12.1 Å². The number of hydrogen-bond donors (Lipinski definition) is 0. The van der Waals surface area contributed by atoms with Gasteiger partial charge in [0.25, 0.3) is 0 Å². The molecule has 3 heterocycles. The zero-order valence-electron chi connectivity index (χ0n) is 24.4. The van der Waals surface area contributed by atoms with Crippen molar-refractivity contribution in [3.05, 3.63) is 35.0 Å². The number of benzene rings is 1. The molecule has 0 aliphatic carbocycles. The Morgan fingerprint density at radius 1 is 1.18 bits per heavy atom. The van der Waals surface area contributed by atoms with E-state index in [1.807, 2.05) is 26.8 Å². The molecule has 1 aromatic carbocycles. The van der Waals surface area contributed by atoms with Crippen molar-refractivity contribution in [2.45, 2.75) is 71.6 Å². The average molecular weight is 567 g/mol. The Balaban J connectivity index is 1.54. The lowest BCUT2D eigenvalue weighted by Gasteiger charge is -2.33. The molecule has 4 rings (SSSR count). The van der Waals surface area contributed by atoms with Gasteiger partial charge in [0, 0.05) is 46.8 Å². The second kappa shape index (κ2) is 11.1. The van der Waals surface area contributed by atoms with Gasteiger partial charge in [-0.05, 0) is 50.1 Å². The summed E-state index contributed by atoms with van der Waals surface area (Å²) < 4.78 is 13.0. The summed E-state index contributed by atoms with van der Waals surface area (Å²) in [5.41, 5.74) is 2.18. The summed E-state index contributed by atoms with van der Waals surface area (Å²) in [5.74, 6) is 0.838. The van der Waals surface area contributed by atoms with Crippen LogP contribution >= 0.6 is 0 Å². The maximum Gasteiger partial charge on any atom is 0.410 e. The number of hydrogen-bond acceptors (Lipinski definition) is 7. The van der Waals surface area contributed by atoms with E-state index >= 15 is 0 Å². The molecule has 12 heteroatoms. The first-order chi connectivity index (χ1) is 18.7. The molecule has 214 valence electrons. The topological polar surface area (TPSA) is 121 Å². The second-order valence-electron chi connectivity index (χ2n) is 12.5. The van der Waals surface area contributed by atoms with E-state index in [0.717, 1.165) is 22.1 Å². The van der Waals surface area contributed by atoms with Crippen LogP contribution in [0, 0.1) is 11.3 Å². The van der Waals surface area contributed by atoms with E-state index in [1.54, 1.807) is 28.8 Å². The van der Waals surface area contributed by atoms with Crippen LogP contribution in [0.4, 0.5) is 15.4 Å². The quantitative estimate of drug-likeness (QED) is 0.352. The van der Waals surface area contributed by atoms with Crippen LogP contribution in [0.2, 0.25) is 25.7 Å². The third-order valence-corrected chi connectivity index (χ3v) is 8.56. The SMILES string of the molecule is Cn1c(N2CCC(=O)N(COCC[Si](C)(C)C)C2=O)cnc1-c1cc(C#N)c2c(c1)CN(C(=O)OC(C)(C)C)C2. The number of amides is 4. The molecule has 0 bridgehead atoms. The van der Waals surface area contributed by atoms with Gasteiger partial charge in [-0.3, -0.25) is 14.6 Å². The van der Waals surface area contributed by atoms with E-state index in [1.165, 1.54) is 4.90 Å². The van der Waals surface area contributed by atoms with Crippen molar-refractivity contribution in [1.29, 1.82) is 5.26 Å². The third kappa shape index (κ3) is 6.37. The van der Waals surface area contributed by atoms with Crippen molar-refractivity contribution < 1.29 is 23.9 Å². The van der Waals surface area contributed by atoms with E-state index in [4.69, 9.17) is 9.47 Å². The summed E-state index contributed by atoms with van der Waals surface area (Å²) in [6, 6.07) is 6.43. The molecule has 1 aromatic heterocycles. The van der Waals surface area contributed by atoms with Gasteiger partial charge in [-0.15, -0.1) is 0 Å². The number of carbonyl (C=O) groups is 3. The van der Waals surface area contributed by atoms with E-state index in [9.17, 15) is 19.6 Å². The molecule has 0 atom stereocenters. The highest BCUT2D eigenvalue weighted by atomic mass is 28.3. The molecular weight excluding hydrogens is 528 g/mol. The highest BCUT2D eigenvalue weighted by Crippen LogP contribution is 2.33. The molecule has 11 nitrogen and oxygen atoms in total. The van der Waals surface area contributed by atoms with Crippen molar-refractivity contribution in [2.24, 2.45) is 7.05 Å². The largest absolute Gasteiger partial charge is 0.444 e. The average Bonchev–Trinajstić information content (AvgIpc) is 3.45. The molecule has 2 aliphatic heterocycles. The monoisotopic (exact) mass is 566 g/mol. The number of imidazole rings is 1. The molecule has 0 radical (unpaired) electrons. The zero-order valence-corrected chi connectivity index (χ0v) is 25.4. The van der Waals surface area contributed by atoms with Crippen molar-refractivity contribution in [2.75, 3.05) is 24.8 Å². The molecule has 40 heavy (non-hydrogen) atoms. The first kappa shape index (κ1) is 29.3. The number of anilines is 1. The summed E-state index contributed by atoms with van der Waals surface area (Å²) in [7, 11) is 0.499. The third-order valence-electron chi connectivity index (χ3n) is 6.85. The second-order valence-corrected chi connectivity index (χ2v) is 18.1. The van der Waals surface area contributed by atoms with Crippen molar-refractivity contribution in [1.82, 2.24) is 19.4 Å². The number of ether oxygens (including phenoxy) is 2. The lowest BCUT2D eigenvalue weighted by molar-refractivity contribution is -0.133. The maximum absolute atomic E-state index is 13.3. The predicted molar refractivity (Wildman–Crippen MR) is 152 cm³/mol. The molecule has 2 aromatic rings. The maximum atomic E-state index is 13.3. The summed E-state index contributed by atoms with van der Waals surface area (Å²) in [4.78, 5) is 47.3. The summed E-state index contributed by atoms with van der Waals surface area (Å²) >= 11 is 0.